The molecule has 2 aliphatic rings. The van der Waals surface area contributed by atoms with Crippen LogP contribution in [0.2, 0.25) is 0 Å². The van der Waals surface area contributed by atoms with Crippen molar-refractivity contribution in [3.8, 4) is 0 Å². The van der Waals surface area contributed by atoms with Crippen molar-refractivity contribution in [2.75, 3.05) is 13.1 Å². The molecule has 16 heavy (non-hydrogen) atoms. The molecule has 0 aromatic rings. The summed E-state index contributed by atoms with van der Waals surface area (Å²) in [5, 5.41) is 3.32. The molecule has 1 amide bonds. The van der Waals surface area contributed by atoms with Crippen LogP contribution < -0.4 is 5.32 Å². The average Bonchev–Trinajstić information content (AvgIpc) is 2.85. The predicted octanol–water partition coefficient (Wildman–Crippen LogP) is 1.92. The molecule has 0 bridgehead atoms. The second-order valence-corrected chi connectivity index (χ2v) is 5.07. The lowest BCUT2D eigenvalue weighted by Crippen LogP contribution is -2.48. The standard InChI is InChI=1S/C13H24N2O/c1-2-15(11-7-4-3-5-8-11)13(16)12-9-6-10-14-12/h11-12,14H,2-10H2,1H3/t12-/m1/s1. The number of amides is 1. The summed E-state index contributed by atoms with van der Waals surface area (Å²) in [5.41, 5.74) is 0. The normalized spacial score (nSPS) is 26.9. The Morgan fingerprint density at radius 1 is 1.19 bits per heavy atom. The van der Waals surface area contributed by atoms with Crippen LogP contribution in [0.3, 0.4) is 0 Å². The first-order chi connectivity index (χ1) is 7.83. The van der Waals surface area contributed by atoms with Gasteiger partial charge in [-0.15, -0.1) is 0 Å². The molecule has 0 aromatic heterocycles. The monoisotopic (exact) mass is 224 g/mol. The van der Waals surface area contributed by atoms with E-state index in [2.05, 4.69) is 17.1 Å². The first kappa shape index (κ1) is 11.9. The molecule has 1 heterocycles. The predicted molar refractivity (Wildman–Crippen MR) is 65.3 cm³/mol. The van der Waals surface area contributed by atoms with Gasteiger partial charge in [-0.25, -0.2) is 0 Å². The fraction of sp³-hybridized carbons (Fsp3) is 0.923. The number of nitrogens with one attached hydrogen (secondary N) is 1. The quantitative estimate of drug-likeness (QED) is 0.794. The Balaban J connectivity index is 1.94. The zero-order chi connectivity index (χ0) is 11.4. The Hall–Kier alpha value is -0.570. The summed E-state index contributed by atoms with van der Waals surface area (Å²) in [6.07, 6.45) is 8.56. The van der Waals surface area contributed by atoms with Crippen molar-refractivity contribution in [3.05, 3.63) is 0 Å². The smallest absolute Gasteiger partial charge is 0.239 e. The van der Waals surface area contributed by atoms with Gasteiger partial charge in [0.15, 0.2) is 0 Å². The van der Waals surface area contributed by atoms with Crippen molar-refractivity contribution in [3.63, 3.8) is 0 Å². The largest absolute Gasteiger partial charge is 0.339 e. The van der Waals surface area contributed by atoms with Crippen LogP contribution >= 0.6 is 0 Å². The van der Waals surface area contributed by atoms with Gasteiger partial charge in [-0.1, -0.05) is 19.3 Å². The fourth-order valence-corrected chi connectivity index (χ4v) is 3.08. The molecule has 92 valence electrons. The van der Waals surface area contributed by atoms with E-state index in [1.54, 1.807) is 0 Å². The van der Waals surface area contributed by atoms with Gasteiger partial charge in [-0.05, 0) is 39.2 Å². The van der Waals surface area contributed by atoms with E-state index in [0.717, 1.165) is 25.9 Å². The highest BCUT2D eigenvalue weighted by molar-refractivity contribution is 5.82. The first-order valence-corrected chi connectivity index (χ1v) is 6.86. The Kier molecular flexibility index (Phi) is 4.22. The van der Waals surface area contributed by atoms with Gasteiger partial charge < -0.3 is 10.2 Å². The molecule has 3 heteroatoms. The van der Waals surface area contributed by atoms with E-state index in [0.29, 0.717) is 11.9 Å². The van der Waals surface area contributed by atoms with Crippen LogP contribution in [0.4, 0.5) is 0 Å². The average molecular weight is 224 g/mol. The molecule has 1 saturated heterocycles. The van der Waals surface area contributed by atoms with E-state index < -0.39 is 0 Å². The highest BCUT2D eigenvalue weighted by Crippen LogP contribution is 2.23. The maximum atomic E-state index is 12.3. The summed E-state index contributed by atoms with van der Waals surface area (Å²) >= 11 is 0. The van der Waals surface area contributed by atoms with Crippen LogP contribution in [-0.2, 0) is 4.79 Å². The van der Waals surface area contributed by atoms with Crippen molar-refractivity contribution >= 4 is 5.91 Å². The summed E-state index contributed by atoms with van der Waals surface area (Å²) in [6.45, 7) is 4.00. The molecule has 0 radical (unpaired) electrons. The molecule has 0 spiro atoms. The van der Waals surface area contributed by atoms with Crippen LogP contribution in [-0.4, -0.2) is 36.0 Å². The van der Waals surface area contributed by atoms with Crippen molar-refractivity contribution in [2.24, 2.45) is 0 Å². The number of rotatable bonds is 3. The second-order valence-electron chi connectivity index (χ2n) is 5.07. The summed E-state index contributed by atoms with van der Waals surface area (Å²) < 4.78 is 0. The minimum Gasteiger partial charge on any atom is -0.339 e. The van der Waals surface area contributed by atoms with Gasteiger partial charge in [0.1, 0.15) is 0 Å². The Morgan fingerprint density at radius 2 is 1.94 bits per heavy atom. The van der Waals surface area contributed by atoms with E-state index in [9.17, 15) is 4.79 Å². The van der Waals surface area contributed by atoms with Crippen LogP contribution in [0.15, 0.2) is 0 Å². The Labute approximate surface area is 98.6 Å². The zero-order valence-electron chi connectivity index (χ0n) is 10.4. The molecule has 0 aromatic carbocycles. The molecule has 1 atom stereocenters. The minimum atomic E-state index is 0.113. The van der Waals surface area contributed by atoms with Gasteiger partial charge in [0, 0.05) is 12.6 Å². The van der Waals surface area contributed by atoms with Gasteiger partial charge >= 0.3 is 0 Å². The van der Waals surface area contributed by atoms with Crippen LogP contribution in [0, 0.1) is 0 Å². The molecular formula is C13H24N2O. The van der Waals surface area contributed by atoms with E-state index >= 15 is 0 Å². The lowest BCUT2D eigenvalue weighted by atomic mass is 9.93. The number of carbonyl (C=O) groups is 1. The Morgan fingerprint density at radius 3 is 2.50 bits per heavy atom. The van der Waals surface area contributed by atoms with Gasteiger partial charge in [-0.2, -0.15) is 0 Å². The lowest BCUT2D eigenvalue weighted by molar-refractivity contribution is -0.135. The number of hydrogen-bond acceptors (Lipinski definition) is 2. The van der Waals surface area contributed by atoms with E-state index in [4.69, 9.17) is 0 Å². The van der Waals surface area contributed by atoms with E-state index in [1.807, 2.05) is 0 Å². The minimum absolute atomic E-state index is 0.113. The van der Waals surface area contributed by atoms with Crippen LogP contribution in [0.5, 0.6) is 0 Å². The molecular weight excluding hydrogens is 200 g/mol. The molecule has 3 nitrogen and oxygen atoms in total. The number of nitrogens with zero attached hydrogens (tertiary/aromatic N) is 1. The topological polar surface area (TPSA) is 32.3 Å². The maximum Gasteiger partial charge on any atom is 0.239 e. The highest BCUT2D eigenvalue weighted by Gasteiger charge is 2.30. The van der Waals surface area contributed by atoms with Crippen molar-refractivity contribution in [2.45, 2.75) is 64.0 Å². The molecule has 1 aliphatic heterocycles. The molecule has 2 fully saturated rings. The SMILES string of the molecule is CCN(C(=O)[C@H]1CCCN1)C1CCCCC1. The third-order valence-corrected chi connectivity index (χ3v) is 4.00. The number of likely N-dealkylation sites (N-methyl/N-ethyl adjacent to an activating group) is 1. The fourth-order valence-electron chi connectivity index (χ4n) is 3.08. The summed E-state index contributed by atoms with van der Waals surface area (Å²) in [4.78, 5) is 14.5. The summed E-state index contributed by atoms with van der Waals surface area (Å²) in [6, 6.07) is 0.635. The van der Waals surface area contributed by atoms with Gasteiger partial charge in [-0.3, -0.25) is 4.79 Å². The highest BCUT2D eigenvalue weighted by atomic mass is 16.2. The number of hydrogen-bond donors (Lipinski definition) is 1. The third-order valence-electron chi connectivity index (χ3n) is 4.00. The lowest BCUT2D eigenvalue weighted by Gasteiger charge is -2.35. The summed E-state index contributed by atoms with van der Waals surface area (Å²) in [5.74, 6) is 0.354. The van der Waals surface area contributed by atoms with Crippen LogP contribution in [0.1, 0.15) is 51.9 Å². The van der Waals surface area contributed by atoms with Gasteiger partial charge in [0.25, 0.3) is 0 Å². The zero-order valence-corrected chi connectivity index (χ0v) is 10.4. The van der Waals surface area contributed by atoms with Crippen molar-refractivity contribution < 1.29 is 4.79 Å². The van der Waals surface area contributed by atoms with E-state index in [-0.39, 0.29) is 6.04 Å². The first-order valence-electron chi connectivity index (χ1n) is 6.86. The van der Waals surface area contributed by atoms with Crippen LogP contribution in [0.25, 0.3) is 0 Å². The van der Waals surface area contributed by atoms with Gasteiger partial charge in [0.05, 0.1) is 6.04 Å². The van der Waals surface area contributed by atoms with Crippen molar-refractivity contribution in [1.82, 2.24) is 10.2 Å². The van der Waals surface area contributed by atoms with Gasteiger partial charge in [0.2, 0.25) is 5.91 Å². The van der Waals surface area contributed by atoms with Crippen molar-refractivity contribution in [1.29, 1.82) is 0 Å². The maximum absolute atomic E-state index is 12.3. The number of carbonyl (C=O) groups excluding carboxylic acids is 1. The molecule has 2 rings (SSSR count). The molecule has 1 aliphatic carbocycles. The summed E-state index contributed by atoms with van der Waals surface area (Å²) in [7, 11) is 0. The molecule has 0 unspecified atom stereocenters. The second kappa shape index (κ2) is 5.67. The third kappa shape index (κ3) is 2.57. The van der Waals surface area contributed by atoms with E-state index in [1.165, 1.54) is 32.1 Å². The molecule has 1 saturated carbocycles. The Bertz CT molecular complexity index is 230. The molecule has 1 N–H and O–H groups in total.